The molecule has 29 heavy (non-hydrogen) atoms. The van der Waals surface area contributed by atoms with Crippen LogP contribution in [0.2, 0.25) is 0 Å². The number of aliphatic imine (C=N–C) groups is 1. The molecule has 1 aromatic carbocycles. The third kappa shape index (κ3) is 9.36. The van der Waals surface area contributed by atoms with Gasteiger partial charge < -0.3 is 24.8 Å². The molecule has 0 unspecified atom stereocenters. The molecule has 9 heteroatoms. The quantitative estimate of drug-likeness (QED) is 0.348. The number of rotatable bonds is 10. The first kappa shape index (κ1) is 23.3. The van der Waals surface area contributed by atoms with E-state index >= 15 is 0 Å². The number of hydrogen-bond donors (Lipinski definition) is 2. The van der Waals surface area contributed by atoms with E-state index in [-0.39, 0.29) is 12.4 Å². The van der Waals surface area contributed by atoms with Crippen LogP contribution in [-0.2, 0) is 15.7 Å². The van der Waals surface area contributed by atoms with Gasteiger partial charge in [-0.05, 0) is 43.4 Å². The molecule has 1 heterocycles. The fraction of sp³-hybridized carbons (Fsp3) is 0.650. The van der Waals surface area contributed by atoms with Gasteiger partial charge in [0.15, 0.2) is 5.96 Å². The molecule has 1 aliphatic heterocycles. The highest BCUT2D eigenvalue weighted by Gasteiger charge is 2.30. The van der Waals surface area contributed by atoms with Crippen LogP contribution in [0.15, 0.2) is 29.3 Å². The number of ether oxygens (including phenoxy) is 3. The van der Waals surface area contributed by atoms with Gasteiger partial charge >= 0.3 is 6.18 Å². The molecular weight excluding hydrogens is 387 g/mol. The Morgan fingerprint density at radius 2 is 1.93 bits per heavy atom. The first-order valence-corrected chi connectivity index (χ1v) is 9.89. The van der Waals surface area contributed by atoms with Gasteiger partial charge in [-0.3, -0.25) is 4.99 Å². The second-order valence-electron chi connectivity index (χ2n) is 6.78. The van der Waals surface area contributed by atoms with Crippen LogP contribution in [0.25, 0.3) is 0 Å². The maximum absolute atomic E-state index is 12.7. The molecule has 1 aliphatic rings. The zero-order valence-electron chi connectivity index (χ0n) is 16.8. The molecule has 2 rings (SSSR count). The van der Waals surface area contributed by atoms with Gasteiger partial charge in [0.05, 0.1) is 12.1 Å². The summed E-state index contributed by atoms with van der Waals surface area (Å²) in [4.78, 5) is 4.11. The topological polar surface area (TPSA) is 64.1 Å². The lowest BCUT2D eigenvalue weighted by Crippen LogP contribution is -2.40. The van der Waals surface area contributed by atoms with Crippen molar-refractivity contribution in [3.05, 3.63) is 29.8 Å². The Labute approximate surface area is 169 Å². The molecule has 1 fully saturated rings. The SMILES string of the molecule is CN=C(NCCCOCC1CCOCC1)NCCOc1cccc(C(F)(F)F)c1. The zero-order valence-corrected chi connectivity index (χ0v) is 16.8. The Bertz CT molecular complexity index is 620. The summed E-state index contributed by atoms with van der Waals surface area (Å²) in [7, 11) is 1.66. The summed E-state index contributed by atoms with van der Waals surface area (Å²) in [6.07, 6.45) is -1.39. The standard InChI is InChI=1S/C20H30F3N3O3/c1-24-19(25-8-3-10-28-15-16-6-11-27-12-7-16)26-9-13-29-18-5-2-4-17(14-18)20(21,22)23/h2,4-5,14,16H,3,6-13,15H2,1H3,(H2,24,25,26). The van der Waals surface area contributed by atoms with Crippen LogP contribution < -0.4 is 15.4 Å². The van der Waals surface area contributed by atoms with Crippen molar-refractivity contribution in [2.24, 2.45) is 10.9 Å². The summed E-state index contributed by atoms with van der Waals surface area (Å²) in [5.74, 6) is 1.40. The van der Waals surface area contributed by atoms with E-state index < -0.39 is 11.7 Å². The fourth-order valence-electron chi connectivity index (χ4n) is 2.87. The molecule has 2 N–H and O–H groups in total. The Hall–Kier alpha value is -2.00. The van der Waals surface area contributed by atoms with E-state index in [9.17, 15) is 13.2 Å². The van der Waals surface area contributed by atoms with E-state index in [0.717, 1.165) is 51.2 Å². The first-order valence-electron chi connectivity index (χ1n) is 9.89. The van der Waals surface area contributed by atoms with E-state index in [2.05, 4.69) is 15.6 Å². The first-order chi connectivity index (χ1) is 14.0. The highest BCUT2D eigenvalue weighted by Crippen LogP contribution is 2.31. The highest BCUT2D eigenvalue weighted by atomic mass is 19.4. The summed E-state index contributed by atoms with van der Waals surface area (Å²) >= 11 is 0. The predicted octanol–water partition coefficient (Wildman–Crippen LogP) is 3.08. The molecule has 1 saturated heterocycles. The molecule has 0 bridgehead atoms. The minimum absolute atomic E-state index is 0.186. The van der Waals surface area contributed by atoms with Gasteiger partial charge in [0, 0.05) is 40.0 Å². The lowest BCUT2D eigenvalue weighted by Gasteiger charge is -2.21. The number of guanidine groups is 1. The van der Waals surface area contributed by atoms with Crippen molar-refractivity contribution < 1.29 is 27.4 Å². The molecule has 0 atom stereocenters. The van der Waals surface area contributed by atoms with Gasteiger partial charge in [-0.1, -0.05) is 6.07 Å². The molecule has 0 aliphatic carbocycles. The molecule has 6 nitrogen and oxygen atoms in total. The largest absolute Gasteiger partial charge is 0.492 e. The van der Waals surface area contributed by atoms with Crippen LogP contribution in [0.5, 0.6) is 5.75 Å². The van der Waals surface area contributed by atoms with Gasteiger partial charge in [0.25, 0.3) is 0 Å². The number of halogens is 3. The van der Waals surface area contributed by atoms with Crippen molar-refractivity contribution in [1.29, 1.82) is 0 Å². The Morgan fingerprint density at radius 1 is 1.17 bits per heavy atom. The van der Waals surface area contributed by atoms with E-state index in [1.165, 1.54) is 12.1 Å². The maximum atomic E-state index is 12.7. The Balaban J connectivity index is 1.53. The second-order valence-corrected chi connectivity index (χ2v) is 6.78. The van der Waals surface area contributed by atoms with E-state index in [4.69, 9.17) is 14.2 Å². The Morgan fingerprint density at radius 3 is 2.66 bits per heavy atom. The number of alkyl halides is 3. The third-order valence-corrected chi connectivity index (χ3v) is 4.50. The number of nitrogens with zero attached hydrogens (tertiary/aromatic N) is 1. The van der Waals surface area contributed by atoms with Crippen LogP contribution >= 0.6 is 0 Å². The molecule has 0 saturated carbocycles. The van der Waals surface area contributed by atoms with Crippen molar-refractivity contribution in [2.45, 2.75) is 25.4 Å². The molecule has 1 aromatic rings. The minimum atomic E-state index is -4.38. The summed E-state index contributed by atoms with van der Waals surface area (Å²) in [6, 6.07) is 4.84. The van der Waals surface area contributed by atoms with Crippen LogP contribution in [0.4, 0.5) is 13.2 Å². The van der Waals surface area contributed by atoms with Crippen molar-refractivity contribution in [3.8, 4) is 5.75 Å². The van der Waals surface area contributed by atoms with E-state index in [1.54, 1.807) is 7.05 Å². The lowest BCUT2D eigenvalue weighted by molar-refractivity contribution is -0.137. The second kappa shape index (κ2) is 12.5. The summed E-state index contributed by atoms with van der Waals surface area (Å²) in [5.41, 5.74) is -0.723. The molecular formula is C20H30F3N3O3. The average molecular weight is 417 g/mol. The third-order valence-electron chi connectivity index (χ3n) is 4.50. The van der Waals surface area contributed by atoms with Crippen molar-refractivity contribution in [1.82, 2.24) is 10.6 Å². The van der Waals surface area contributed by atoms with Crippen molar-refractivity contribution in [2.75, 3.05) is 53.2 Å². The van der Waals surface area contributed by atoms with E-state index in [0.29, 0.717) is 31.6 Å². The zero-order chi connectivity index (χ0) is 21.0. The summed E-state index contributed by atoms with van der Waals surface area (Å²) in [5, 5.41) is 6.23. The van der Waals surface area contributed by atoms with Crippen LogP contribution in [0, 0.1) is 5.92 Å². The molecule has 164 valence electrons. The van der Waals surface area contributed by atoms with Crippen LogP contribution in [0.3, 0.4) is 0 Å². The van der Waals surface area contributed by atoms with Gasteiger partial charge in [-0.15, -0.1) is 0 Å². The number of benzene rings is 1. The monoisotopic (exact) mass is 417 g/mol. The normalized spacial score (nSPS) is 15.9. The predicted molar refractivity (Wildman–Crippen MR) is 105 cm³/mol. The lowest BCUT2D eigenvalue weighted by atomic mass is 10.0. The number of hydrogen-bond acceptors (Lipinski definition) is 4. The van der Waals surface area contributed by atoms with Crippen molar-refractivity contribution in [3.63, 3.8) is 0 Å². The molecule has 0 radical (unpaired) electrons. The molecule has 0 amide bonds. The van der Waals surface area contributed by atoms with Crippen LogP contribution in [-0.4, -0.2) is 59.1 Å². The smallest absolute Gasteiger partial charge is 0.416 e. The molecule has 0 spiro atoms. The van der Waals surface area contributed by atoms with Crippen molar-refractivity contribution >= 4 is 5.96 Å². The Kier molecular flexibility index (Phi) is 10.1. The maximum Gasteiger partial charge on any atom is 0.416 e. The number of nitrogens with one attached hydrogen (secondary N) is 2. The van der Waals surface area contributed by atoms with Gasteiger partial charge in [0.1, 0.15) is 12.4 Å². The van der Waals surface area contributed by atoms with Gasteiger partial charge in [-0.25, -0.2) is 0 Å². The summed E-state index contributed by atoms with van der Waals surface area (Å²) in [6.45, 7) is 4.46. The summed E-state index contributed by atoms with van der Waals surface area (Å²) < 4.78 is 54.5. The fourth-order valence-corrected chi connectivity index (χ4v) is 2.87. The van der Waals surface area contributed by atoms with Gasteiger partial charge in [-0.2, -0.15) is 13.2 Å². The molecule has 0 aromatic heterocycles. The average Bonchev–Trinajstić information content (AvgIpc) is 2.72. The highest BCUT2D eigenvalue weighted by molar-refractivity contribution is 5.79. The van der Waals surface area contributed by atoms with Gasteiger partial charge in [0.2, 0.25) is 0 Å². The minimum Gasteiger partial charge on any atom is -0.492 e. The van der Waals surface area contributed by atoms with E-state index in [1.807, 2.05) is 0 Å². The van der Waals surface area contributed by atoms with Crippen LogP contribution in [0.1, 0.15) is 24.8 Å².